The van der Waals surface area contributed by atoms with Crippen LogP contribution in [0.5, 0.6) is 11.5 Å². The summed E-state index contributed by atoms with van der Waals surface area (Å²) >= 11 is 0. The number of H-pyrrole nitrogens is 1. The smallest absolute Gasteiger partial charge is 0.231 e. The van der Waals surface area contributed by atoms with Gasteiger partial charge in [0, 0.05) is 11.6 Å². The van der Waals surface area contributed by atoms with Crippen LogP contribution in [0.3, 0.4) is 0 Å². The van der Waals surface area contributed by atoms with Gasteiger partial charge < -0.3 is 19.3 Å². The topological polar surface area (TPSA) is 57.4 Å². The van der Waals surface area contributed by atoms with Gasteiger partial charge in [0.05, 0.1) is 49.9 Å². The van der Waals surface area contributed by atoms with Gasteiger partial charge in [-0.3, -0.25) is 4.79 Å². The maximum atomic E-state index is 13.4. The summed E-state index contributed by atoms with van der Waals surface area (Å²) in [5.41, 5.74) is 3.32. The van der Waals surface area contributed by atoms with Crippen LogP contribution in [0.2, 0.25) is 0 Å². The molecule has 5 rings (SSSR count). The van der Waals surface area contributed by atoms with Crippen molar-refractivity contribution in [3.8, 4) is 11.5 Å². The Kier molecular flexibility index (Phi) is 4.56. The van der Waals surface area contributed by atoms with Crippen molar-refractivity contribution in [3.63, 3.8) is 0 Å². The number of hydrogen-bond acceptors (Lipinski definition) is 4. The zero-order chi connectivity index (χ0) is 19.8. The van der Waals surface area contributed by atoms with E-state index in [-0.39, 0.29) is 12.6 Å². The Morgan fingerprint density at radius 3 is 2.55 bits per heavy atom. The highest BCUT2D eigenvalue weighted by atomic mass is 16.7. The molecule has 0 saturated carbocycles. The zero-order valence-corrected chi connectivity index (χ0v) is 16.5. The molecule has 148 valence electrons. The van der Waals surface area contributed by atoms with Crippen LogP contribution in [0.1, 0.15) is 22.8 Å². The summed E-state index contributed by atoms with van der Waals surface area (Å²) in [5, 5.41) is 0.996. The maximum Gasteiger partial charge on any atom is 0.231 e. The van der Waals surface area contributed by atoms with Crippen molar-refractivity contribution in [2.24, 2.45) is 0 Å². The van der Waals surface area contributed by atoms with E-state index in [0.29, 0.717) is 11.1 Å². The number of benzene rings is 2. The SMILES string of the molecule is CC[NH+]1CCN(c2c(C(=O)c3ccccc3)c[nH+]c3cc4c(cc23)OCO4)CC1. The van der Waals surface area contributed by atoms with Gasteiger partial charge in [0.25, 0.3) is 0 Å². The molecule has 0 amide bonds. The van der Waals surface area contributed by atoms with Gasteiger partial charge in [-0.05, 0) is 6.92 Å². The number of pyridine rings is 1. The number of nitrogens with one attached hydrogen (secondary N) is 2. The maximum absolute atomic E-state index is 13.4. The number of aromatic amines is 1. The molecule has 1 fully saturated rings. The summed E-state index contributed by atoms with van der Waals surface area (Å²) in [6, 6.07) is 13.4. The molecule has 0 bridgehead atoms. The molecule has 6 nitrogen and oxygen atoms in total. The Hall–Kier alpha value is -3.12. The molecule has 3 aromatic rings. The molecule has 2 aliphatic rings. The summed E-state index contributed by atoms with van der Waals surface area (Å²) in [6.07, 6.45) is 1.84. The zero-order valence-electron chi connectivity index (χ0n) is 16.5. The fourth-order valence-corrected chi connectivity index (χ4v) is 4.28. The first kappa shape index (κ1) is 17.9. The second kappa shape index (κ2) is 7.37. The first-order valence-corrected chi connectivity index (χ1v) is 10.2. The quantitative estimate of drug-likeness (QED) is 0.682. The van der Waals surface area contributed by atoms with Crippen LogP contribution in [0.15, 0.2) is 48.7 Å². The van der Waals surface area contributed by atoms with Crippen LogP contribution in [-0.4, -0.2) is 45.3 Å². The molecule has 0 atom stereocenters. The molecule has 2 aromatic carbocycles. The fraction of sp³-hybridized carbons (Fsp3) is 0.304. The van der Waals surface area contributed by atoms with Crippen LogP contribution < -0.4 is 24.3 Å². The number of ether oxygens (including phenoxy) is 2. The second-order valence-electron chi connectivity index (χ2n) is 7.59. The van der Waals surface area contributed by atoms with Crippen LogP contribution in [0, 0.1) is 0 Å². The third kappa shape index (κ3) is 3.19. The monoisotopic (exact) mass is 391 g/mol. The average Bonchev–Trinajstić information content (AvgIpc) is 3.24. The minimum atomic E-state index is 0.0293. The van der Waals surface area contributed by atoms with Crippen LogP contribution in [0.4, 0.5) is 5.69 Å². The first-order chi connectivity index (χ1) is 14.2. The van der Waals surface area contributed by atoms with Crippen molar-refractivity contribution in [1.29, 1.82) is 0 Å². The largest absolute Gasteiger partial charge is 0.454 e. The predicted molar refractivity (Wildman–Crippen MR) is 110 cm³/mol. The van der Waals surface area contributed by atoms with Crippen LogP contribution in [0.25, 0.3) is 10.9 Å². The summed E-state index contributed by atoms with van der Waals surface area (Å²) in [5.74, 6) is 1.50. The van der Waals surface area contributed by atoms with Crippen molar-refractivity contribution in [2.45, 2.75) is 6.92 Å². The molecule has 3 heterocycles. The van der Waals surface area contributed by atoms with E-state index in [1.54, 1.807) is 4.90 Å². The van der Waals surface area contributed by atoms with E-state index in [9.17, 15) is 4.79 Å². The van der Waals surface area contributed by atoms with Crippen LogP contribution >= 0.6 is 0 Å². The lowest BCUT2D eigenvalue weighted by Gasteiger charge is -2.34. The fourth-order valence-electron chi connectivity index (χ4n) is 4.28. The lowest BCUT2D eigenvalue weighted by molar-refractivity contribution is -0.898. The number of carbonyl (C=O) groups is 1. The number of anilines is 1. The highest BCUT2D eigenvalue weighted by molar-refractivity contribution is 6.15. The van der Waals surface area contributed by atoms with Crippen molar-refractivity contribution in [1.82, 2.24) is 0 Å². The number of hydrogen-bond donors (Lipinski definition) is 1. The van der Waals surface area contributed by atoms with Crippen LogP contribution in [-0.2, 0) is 0 Å². The number of carbonyl (C=O) groups excluding carboxylic acids is 1. The van der Waals surface area contributed by atoms with Gasteiger partial charge >= 0.3 is 0 Å². The van der Waals surface area contributed by atoms with E-state index < -0.39 is 0 Å². The highest BCUT2D eigenvalue weighted by Gasteiger charge is 2.29. The number of rotatable bonds is 4. The van der Waals surface area contributed by atoms with Gasteiger partial charge in [0.2, 0.25) is 18.1 Å². The molecular formula is C23H25N3O3+2. The molecule has 6 heteroatoms. The van der Waals surface area contributed by atoms with E-state index in [4.69, 9.17) is 9.47 Å². The number of nitrogens with zero attached hydrogens (tertiary/aromatic N) is 1. The van der Waals surface area contributed by atoms with E-state index in [1.165, 1.54) is 0 Å². The Morgan fingerprint density at radius 1 is 1.10 bits per heavy atom. The molecular weight excluding hydrogens is 366 g/mol. The number of likely N-dealkylation sites (N-methyl/N-ethyl adjacent to an activating group) is 1. The first-order valence-electron chi connectivity index (χ1n) is 10.2. The van der Waals surface area contributed by atoms with Crippen molar-refractivity contribution < 1.29 is 24.2 Å². The summed E-state index contributed by atoms with van der Waals surface area (Å²) in [7, 11) is 0. The van der Waals surface area contributed by atoms with Gasteiger partial charge in [-0.1, -0.05) is 30.3 Å². The summed E-state index contributed by atoms with van der Waals surface area (Å²) < 4.78 is 11.2. The molecule has 1 aromatic heterocycles. The second-order valence-corrected chi connectivity index (χ2v) is 7.59. The van der Waals surface area contributed by atoms with Gasteiger partial charge in [0.15, 0.2) is 17.7 Å². The van der Waals surface area contributed by atoms with Crippen molar-refractivity contribution in [2.75, 3.05) is 44.4 Å². The molecule has 0 radical (unpaired) electrons. The normalized spacial score (nSPS) is 16.4. The minimum absolute atomic E-state index is 0.0293. The van der Waals surface area contributed by atoms with E-state index in [1.807, 2.05) is 48.7 Å². The Labute approximate surface area is 169 Å². The standard InChI is InChI=1S/C23H23N3O3/c1-2-25-8-10-26(11-9-25)22-17-12-20-21(29-15-28-20)13-19(17)24-14-18(22)23(27)16-6-4-3-5-7-16/h3-7,12-14H,2,8-11,15H2,1H3/p+2. The van der Waals surface area contributed by atoms with Gasteiger partial charge in [-0.25, -0.2) is 4.98 Å². The Balaban J connectivity index is 1.66. The number of ketones is 1. The summed E-state index contributed by atoms with van der Waals surface area (Å²) in [4.78, 5) is 20.7. The lowest BCUT2D eigenvalue weighted by Crippen LogP contribution is -3.14. The average molecular weight is 391 g/mol. The molecule has 0 aliphatic carbocycles. The molecule has 2 aliphatic heterocycles. The van der Waals surface area contributed by atoms with Gasteiger partial charge in [0.1, 0.15) is 5.56 Å². The number of fused-ring (bicyclic) bond motifs is 2. The summed E-state index contributed by atoms with van der Waals surface area (Å²) in [6.45, 7) is 7.57. The van der Waals surface area contributed by atoms with Crippen molar-refractivity contribution in [3.05, 3.63) is 59.8 Å². The molecule has 29 heavy (non-hydrogen) atoms. The van der Waals surface area contributed by atoms with E-state index >= 15 is 0 Å². The number of piperazine rings is 1. The van der Waals surface area contributed by atoms with E-state index in [2.05, 4.69) is 16.8 Å². The number of quaternary nitrogens is 1. The lowest BCUT2D eigenvalue weighted by atomic mass is 9.99. The number of aromatic nitrogens is 1. The molecule has 0 spiro atoms. The third-order valence-electron chi connectivity index (χ3n) is 5.96. The van der Waals surface area contributed by atoms with E-state index in [0.717, 1.165) is 60.8 Å². The third-order valence-corrected chi connectivity index (χ3v) is 5.96. The Morgan fingerprint density at radius 2 is 1.83 bits per heavy atom. The molecule has 1 saturated heterocycles. The minimum Gasteiger partial charge on any atom is -0.454 e. The Bertz CT molecular complexity index is 1060. The molecule has 2 N–H and O–H groups in total. The van der Waals surface area contributed by atoms with Gasteiger partial charge in [-0.2, -0.15) is 0 Å². The predicted octanol–water partition coefficient (Wildman–Crippen LogP) is 1.34. The van der Waals surface area contributed by atoms with Crippen molar-refractivity contribution >= 4 is 22.4 Å². The van der Waals surface area contributed by atoms with Gasteiger partial charge in [-0.15, -0.1) is 0 Å². The molecule has 0 unspecified atom stereocenters. The highest BCUT2D eigenvalue weighted by Crippen LogP contribution is 2.39.